The van der Waals surface area contributed by atoms with Gasteiger partial charge in [-0.1, -0.05) is 84.9 Å². The van der Waals surface area contributed by atoms with Crippen LogP contribution in [0.25, 0.3) is 0 Å². The minimum atomic E-state index is -4.46. The lowest BCUT2D eigenvalue weighted by atomic mass is 9.51. The quantitative estimate of drug-likeness (QED) is 0.233. The van der Waals surface area contributed by atoms with Crippen LogP contribution in [0.3, 0.4) is 0 Å². The third-order valence-corrected chi connectivity index (χ3v) is 9.78. The van der Waals surface area contributed by atoms with E-state index in [-0.39, 0.29) is 12.0 Å². The number of para-hydroxylation sites is 2. The number of rotatable bonds is 4. The molecule has 0 unspecified atom stereocenters. The summed E-state index contributed by atoms with van der Waals surface area (Å²) in [5.74, 6) is -0.577. The molecule has 0 aliphatic carbocycles. The second-order valence-electron chi connectivity index (χ2n) is 9.58. The summed E-state index contributed by atoms with van der Waals surface area (Å²) < 4.78 is 43.4. The molecule has 0 N–H and O–H groups in total. The van der Waals surface area contributed by atoms with Gasteiger partial charge in [0.1, 0.15) is 0 Å². The molecular weight excluding hydrogens is 529 g/mol. The minimum Gasteiger partial charge on any atom is -0.312 e. The number of fused-ring (bicyclic) bond motifs is 4. The fourth-order valence-corrected chi connectivity index (χ4v) is 8.00. The average Bonchev–Trinajstić information content (AvgIpc) is 2.96. The van der Waals surface area contributed by atoms with Gasteiger partial charge in [-0.3, -0.25) is 0 Å². The molecule has 0 atom stereocenters. The Morgan fingerprint density at radius 3 is 1.36 bits per heavy atom. The van der Waals surface area contributed by atoms with E-state index in [2.05, 4.69) is 17.0 Å². The Bertz CT molecular complexity index is 1570. The van der Waals surface area contributed by atoms with Crippen molar-refractivity contribution in [3.63, 3.8) is 0 Å². The van der Waals surface area contributed by atoms with E-state index in [1.54, 1.807) is 23.2 Å². The standard InChI is InChI=1S/C31H20B2F3NS2/c34-31(35,36)21-19-26-30-27(20-21)33(39-23-13-5-2-6-14-23)25-16-8-10-18-29(25)37(30)28-17-9-7-15-24(28)32(26)38-22-11-3-1-4-12-22/h1-20H. The summed E-state index contributed by atoms with van der Waals surface area (Å²) in [6.45, 7) is 0. The lowest BCUT2D eigenvalue weighted by molar-refractivity contribution is -0.137. The first-order chi connectivity index (χ1) is 19.0. The van der Waals surface area contributed by atoms with E-state index in [1.165, 1.54) is 12.1 Å². The molecule has 0 radical (unpaired) electrons. The van der Waals surface area contributed by atoms with Crippen LogP contribution in [0.4, 0.5) is 30.2 Å². The molecule has 0 spiro atoms. The molecular formula is C31H20B2F3NS2. The number of nitrogens with zero attached hydrogens (tertiary/aromatic N) is 1. The molecule has 5 aromatic carbocycles. The van der Waals surface area contributed by atoms with Gasteiger partial charge in [0, 0.05) is 17.1 Å². The fourth-order valence-electron chi connectivity index (χ4n) is 5.56. The highest BCUT2D eigenvalue weighted by atomic mass is 32.2. The van der Waals surface area contributed by atoms with Crippen molar-refractivity contribution >= 4 is 74.1 Å². The Morgan fingerprint density at radius 2 is 0.923 bits per heavy atom. The molecule has 188 valence electrons. The number of hydrogen-bond acceptors (Lipinski definition) is 3. The zero-order valence-electron chi connectivity index (χ0n) is 20.6. The predicted molar refractivity (Wildman–Crippen MR) is 161 cm³/mol. The Morgan fingerprint density at radius 1 is 0.513 bits per heavy atom. The summed E-state index contributed by atoms with van der Waals surface area (Å²) >= 11 is 3.20. The zero-order valence-corrected chi connectivity index (χ0v) is 22.2. The largest absolute Gasteiger partial charge is 0.416 e. The molecule has 0 aromatic heterocycles. The smallest absolute Gasteiger partial charge is 0.312 e. The first kappa shape index (κ1) is 24.6. The van der Waals surface area contributed by atoms with Crippen LogP contribution in [0, 0.1) is 0 Å². The summed E-state index contributed by atoms with van der Waals surface area (Å²) in [6.07, 6.45) is -4.46. The third kappa shape index (κ3) is 4.26. The lowest BCUT2D eigenvalue weighted by Crippen LogP contribution is -2.58. The molecule has 1 nitrogen and oxygen atoms in total. The van der Waals surface area contributed by atoms with Crippen molar-refractivity contribution in [3.8, 4) is 0 Å². The van der Waals surface area contributed by atoms with E-state index in [4.69, 9.17) is 0 Å². The Labute approximate surface area is 234 Å². The van der Waals surface area contributed by atoms with Crippen molar-refractivity contribution in [2.45, 2.75) is 16.0 Å². The molecule has 0 amide bonds. The van der Waals surface area contributed by atoms with Crippen molar-refractivity contribution in [1.29, 1.82) is 0 Å². The fraction of sp³-hybridized carbons (Fsp3) is 0.0323. The van der Waals surface area contributed by atoms with Crippen LogP contribution in [-0.4, -0.2) is 12.0 Å². The van der Waals surface area contributed by atoms with Crippen LogP contribution in [-0.2, 0) is 6.18 Å². The average molecular weight is 549 g/mol. The molecule has 0 saturated carbocycles. The summed E-state index contributed by atoms with van der Waals surface area (Å²) in [5.41, 5.74) is 5.68. The number of benzene rings is 5. The van der Waals surface area contributed by atoms with Gasteiger partial charge in [-0.25, -0.2) is 0 Å². The molecule has 2 heterocycles. The maximum absolute atomic E-state index is 14.5. The van der Waals surface area contributed by atoms with Gasteiger partial charge in [-0.15, -0.1) is 0 Å². The van der Waals surface area contributed by atoms with Crippen molar-refractivity contribution in [2.75, 3.05) is 4.90 Å². The van der Waals surface area contributed by atoms with Crippen LogP contribution < -0.4 is 26.8 Å². The second-order valence-corrected chi connectivity index (χ2v) is 11.9. The highest BCUT2D eigenvalue weighted by molar-refractivity contribution is 8.28. The van der Waals surface area contributed by atoms with Gasteiger partial charge < -0.3 is 4.90 Å². The molecule has 0 fully saturated rings. The highest BCUT2D eigenvalue weighted by Crippen LogP contribution is 2.43. The SMILES string of the molecule is FC(F)(F)c1cc2c3c(c1)B(Sc1ccccc1)c1ccccc1N3c1ccccc1B2Sc1ccccc1. The van der Waals surface area contributed by atoms with Crippen molar-refractivity contribution in [3.05, 3.63) is 127 Å². The van der Waals surface area contributed by atoms with Gasteiger partial charge in [0.15, 0.2) is 0 Å². The third-order valence-electron chi connectivity index (χ3n) is 7.20. The molecule has 0 bridgehead atoms. The molecule has 7 rings (SSSR count). The highest BCUT2D eigenvalue weighted by Gasteiger charge is 2.45. The van der Waals surface area contributed by atoms with E-state index >= 15 is 0 Å². The van der Waals surface area contributed by atoms with Crippen LogP contribution in [0.15, 0.2) is 131 Å². The topological polar surface area (TPSA) is 3.24 Å². The predicted octanol–water partition coefficient (Wildman–Crippen LogP) is 6.60. The van der Waals surface area contributed by atoms with Gasteiger partial charge in [0.25, 0.3) is 12.0 Å². The lowest BCUT2D eigenvalue weighted by Gasteiger charge is -2.43. The minimum absolute atomic E-state index is 0.288. The molecule has 8 heteroatoms. The number of hydrogen-bond donors (Lipinski definition) is 0. The van der Waals surface area contributed by atoms with E-state index in [1.807, 2.05) is 97.1 Å². The Balaban J connectivity index is 1.52. The zero-order chi connectivity index (χ0) is 26.6. The normalized spacial score (nSPS) is 13.6. The number of halogens is 3. The van der Waals surface area contributed by atoms with Gasteiger partial charge in [0.05, 0.1) is 5.56 Å². The van der Waals surface area contributed by atoms with Gasteiger partial charge in [0.2, 0.25) is 0 Å². The van der Waals surface area contributed by atoms with E-state index in [0.717, 1.165) is 37.8 Å². The van der Waals surface area contributed by atoms with Gasteiger partial charge in [-0.2, -0.15) is 36.4 Å². The van der Waals surface area contributed by atoms with Crippen molar-refractivity contribution < 1.29 is 13.2 Å². The summed E-state index contributed by atoms with van der Waals surface area (Å²) in [7, 11) is 0. The molecule has 0 saturated heterocycles. The van der Waals surface area contributed by atoms with E-state index in [0.29, 0.717) is 10.9 Å². The first-order valence-electron chi connectivity index (χ1n) is 12.7. The number of alkyl halides is 3. The van der Waals surface area contributed by atoms with E-state index in [9.17, 15) is 13.2 Å². The number of anilines is 3. The molecule has 5 aromatic rings. The van der Waals surface area contributed by atoms with Crippen molar-refractivity contribution in [1.82, 2.24) is 0 Å². The second kappa shape index (κ2) is 9.61. The maximum Gasteiger partial charge on any atom is 0.416 e. The Hall–Kier alpha value is -3.48. The maximum atomic E-state index is 14.5. The van der Waals surface area contributed by atoms with Gasteiger partial charge in [-0.05, 0) is 68.0 Å². The van der Waals surface area contributed by atoms with Crippen LogP contribution in [0.5, 0.6) is 0 Å². The molecule has 2 aliphatic rings. The summed E-state index contributed by atoms with van der Waals surface area (Å²) in [6, 6.07) is 38.8. The Kier molecular flexibility index (Phi) is 6.05. The first-order valence-corrected chi connectivity index (χ1v) is 14.4. The molecule has 2 aliphatic heterocycles. The van der Waals surface area contributed by atoms with Crippen LogP contribution >= 0.6 is 23.2 Å². The van der Waals surface area contributed by atoms with Gasteiger partial charge >= 0.3 is 6.18 Å². The summed E-state index contributed by atoms with van der Waals surface area (Å²) in [5, 5.41) is 0. The van der Waals surface area contributed by atoms with Crippen molar-refractivity contribution in [2.24, 2.45) is 0 Å². The summed E-state index contributed by atoms with van der Waals surface area (Å²) in [4.78, 5) is 4.21. The monoisotopic (exact) mass is 549 g/mol. The van der Waals surface area contributed by atoms with Crippen LogP contribution in [0.2, 0.25) is 0 Å². The molecule has 39 heavy (non-hydrogen) atoms. The van der Waals surface area contributed by atoms with Crippen LogP contribution in [0.1, 0.15) is 5.56 Å². The van der Waals surface area contributed by atoms with E-state index < -0.39 is 11.7 Å².